The maximum atomic E-state index is 13.4. The van der Waals surface area contributed by atoms with Gasteiger partial charge in [0, 0.05) is 24.5 Å². The summed E-state index contributed by atoms with van der Waals surface area (Å²) in [6.45, 7) is 10.4. The van der Waals surface area contributed by atoms with Gasteiger partial charge in [-0.05, 0) is 55.3 Å². The fourth-order valence-electron chi connectivity index (χ4n) is 3.93. The molecule has 2 heterocycles. The summed E-state index contributed by atoms with van der Waals surface area (Å²) in [7, 11) is 0. The van der Waals surface area contributed by atoms with E-state index in [4.69, 9.17) is 4.74 Å². The molecule has 0 fully saturated rings. The smallest absolute Gasteiger partial charge is 0.317 e. The monoisotopic (exact) mass is 457 g/mol. The molecule has 0 unspecified atom stereocenters. The Morgan fingerprint density at radius 3 is 2.69 bits per heavy atom. The second-order valence-electron chi connectivity index (χ2n) is 8.51. The number of carbonyl (C=O) groups is 2. The molecular formula is C25H35N3O3S. The lowest BCUT2D eigenvalue weighted by molar-refractivity contribution is -0.135. The molecule has 174 valence electrons. The van der Waals surface area contributed by atoms with Crippen LogP contribution in [0.1, 0.15) is 49.2 Å². The van der Waals surface area contributed by atoms with Gasteiger partial charge in [0.15, 0.2) is 0 Å². The predicted octanol–water partition coefficient (Wildman–Crippen LogP) is 4.64. The van der Waals surface area contributed by atoms with E-state index in [-0.39, 0.29) is 24.5 Å². The molecule has 1 aliphatic rings. The second-order valence-corrected chi connectivity index (χ2v) is 9.51. The number of fused-ring (bicyclic) bond motifs is 1. The number of thiophene rings is 1. The van der Waals surface area contributed by atoms with E-state index in [2.05, 4.69) is 30.6 Å². The van der Waals surface area contributed by atoms with Crippen LogP contribution in [0.5, 0.6) is 5.75 Å². The van der Waals surface area contributed by atoms with Crippen LogP contribution in [0.3, 0.4) is 0 Å². The Hall–Kier alpha value is -2.54. The molecule has 2 atom stereocenters. The Morgan fingerprint density at radius 1 is 1.25 bits per heavy atom. The molecule has 3 amide bonds. The number of nitrogens with zero attached hydrogens (tertiary/aromatic N) is 2. The number of aryl methyl sites for hydroxylation is 1. The van der Waals surface area contributed by atoms with Gasteiger partial charge in [0.2, 0.25) is 5.91 Å². The first-order valence-corrected chi connectivity index (χ1v) is 12.4. The van der Waals surface area contributed by atoms with Crippen LogP contribution in [0.25, 0.3) is 0 Å². The zero-order chi connectivity index (χ0) is 23.1. The van der Waals surface area contributed by atoms with Crippen molar-refractivity contribution in [2.45, 2.75) is 46.6 Å². The number of amides is 3. The fraction of sp³-hybridized carbons (Fsp3) is 0.520. The molecule has 0 spiro atoms. The van der Waals surface area contributed by atoms with Crippen LogP contribution >= 0.6 is 11.3 Å². The molecular weight excluding hydrogens is 422 g/mol. The minimum atomic E-state index is -0.179. The summed E-state index contributed by atoms with van der Waals surface area (Å²) in [4.78, 5) is 30.9. The summed E-state index contributed by atoms with van der Waals surface area (Å²) >= 11 is 1.74. The molecule has 6 nitrogen and oxygen atoms in total. The Morgan fingerprint density at radius 2 is 2.00 bits per heavy atom. The lowest BCUT2D eigenvalue weighted by Crippen LogP contribution is -2.50. The van der Waals surface area contributed by atoms with Gasteiger partial charge in [-0.2, -0.15) is 0 Å². The number of rotatable bonds is 9. The first kappa shape index (κ1) is 24.1. The van der Waals surface area contributed by atoms with Crippen LogP contribution in [0.2, 0.25) is 0 Å². The molecule has 0 bridgehead atoms. The quantitative estimate of drug-likeness (QED) is 0.597. The van der Waals surface area contributed by atoms with Crippen molar-refractivity contribution in [2.24, 2.45) is 5.92 Å². The van der Waals surface area contributed by atoms with Crippen molar-refractivity contribution in [3.05, 3.63) is 51.7 Å². The van der Waals surface area contributed by atoms with Gasteiger partial charge >= 0.3 is 6.03 Å². The van der Waals surface area contributed by atoms with Crippen LogP contribution < -0.4 is 10.1 Å². The molecule has 0 saturated carbocycles. The highest BCUT2D eigenvalue weighted by Crippen LogP contribution is 2.34. The number of carbonyl (C=O) groups excluding carboxylic acids is 2. The first-order valence-electron chi connectivity index (χ1n) is 11.5. The summed E-state index contributed by atoms with van der Waals surface area (Å²) in [6.07, 6.45) is 1.80. The van der Waals surface area contributed by atoms with Crippen LogP contribution in [0.4, 0.5) is 4.79 Å². The Kier molecular flexibility index (Phi) is 8.56. The van der Waals surface area contributed by atoms with Gasteiger partial charge in [0.25, 0.3) is 0 Å². The molecule has 1 aromatic carbocycles. The first-order chi connectivity index (χ1) is 15.4. The fourth-order valence-corrected chi connectivity index (χ4v) is 4.85. The van der Waals surface area contributed by atoms with Gasteiger partial charge in [0.05, 0.1) is 6.04 Å². The third-order valence-electron chi connectivity index (χ3n) is 6.01. The standard InChI is InChI=1S/C25H35N3O3S/c1-5-18(3)15-27(25(30)26-6-2)16-24(29)28-13-11-23-21(12-14-32-23)22(28)17-31-20-9-7-19(4)8-10-20/h7-10,12,14,18,22H,5-6,11,13,15-17H2,1-4H3,(H,26,30)/t18-,22+/m1/s1. The maximum Gasteiger partial charge on any atom is 0.317 e. The van der Waals surface area contributed by atoms with Crippen LogP contribution in [-0.2, 0) is 11.2 Å². The summed E-state index contributed by atoms with van der Waals surface area (Å²) in [5.41, 5.74) is 2.34. The average molecular weight is 458 g/mol. The lowest BCUT2D eigenvalue weighted by Gasteiger charge is -2.37. The van der Waals surface area contributed by atoms with Crippen LogP contribution in [-0.4, -0.2) is 54.5 Å². The largest absolute Gasteiger partial charge is 0.491 e. The van der Waals surface area contributed by atoms with Crippen molar-refractivity contribution in [3.63, 3.8) is 0 Å². The van der Waals surface area contributed by atoms with E-state index < -0.39 is 0 Å². The van der Waals surface area contributed by atoms with Crippen molar-refractivity contribution in [1.82, 2.24) is 15.1 Å². The van der Waals surface area contributed by atoms with Crippen LogP contribution in [0, 0.1) is 12.8 Å². The molecule has 1 aromatic heterocycles. The Bertz CT molecular complexity index is 896. The predicted molar refractivity (Wildman–Crippen MR) is 129 cm³/mol. The van der Waals surface area contributed by atoms with Crippen molar-refractivity contribution in [1.29, 1.82) is 0 Å². The van der Waals surface area contributed by atoms with Gasteiger partial charge < -0.3 is 19.9 Å². The van der Waals surface area contributed by atoms with Gasteiger partial charge in [-0.1, -0.05) is 38.0 Å². The van der Waals surface area contributed by atoms with E-state index in [1.165, 1.54) is 10.4 Å². The zero-order valence-corrected chi connectivity index (χ0v) is 20.4. The Labute approximate surface area is 195 Å². The van der Waals surface area contributed by atoms with Gasteiger partial charge in [-0.3, -0.25) is 4.79 Å². The lowest BCUT2D eigenvalue weighted by atomic mass is 10.00. The number of ether oxygens (including phenoxy) is 1. The maximum absolute atomic E-state index is 13.4. The normalized spacial score (nSPS) is 16.2. The number of nitrogens with one attached hydrogen (secondary N) is 1. The topological polar surface area (TPSA) is 61.9 Å². The zero-order valence-electron chi connectivity index (χ0n) is 19.6. The highest BCUT2D eigenvalue weighted by Gasteiger charge is 2.33. The third kappa shape index (κ3) is 6.03. The molecule has 32 heavy (non-hydrogen) atoms. The van der Waals surface area contributed by atoms with Crippen molar-refractivity contribution >= 4 is 23.3 Å². The number of hydrogen-bond acceptors (Lipinski definition) is 4. The molecule has 2 aromatic rings. The van der Waals surface area contributed by atoms with Gasteiger partial charge in [-0.25, -0.2) is 4.79 Å². The molecule has 1 N–H and O–H groups in total. The molecule has 0 saturated heterocycles. The van der Waals surface area contributed by atoms with E-state index in [1.54, 1.807) is 16.2 Å². The van der Waals surface area contributed by atoms with E-state index in [9.17, 15) is 9.59 Å². The van der Waals surface area contributed by atoms with E-state index >= 15 is 0 Å². The van der Waals surface area contributed by atoms with Gasteiger partial charge in [-0.15, -0.1) is 11.3 Å². The van der Waals surface area contributed by atoms with E-state index in [1.807, 2.05) is 43.0 Å². The minimum absolute atomic E-state index is 0.0334. The molecule has 1 aliphatic heterocycles. The third-order valence-corrected chi connectivity index (χ3v) is 7.01. The average Bonchev–Trinajstić information content (AvgIpc) is 3.27. The molecule has 3 rings (SSSR count). The summed E-state index contributed by atoms with van der Waals surface area (Å²) in [6, 6.07) is 9.73. The van der Waals surface area contributed by atoms with Gasteiger partial charge in [0.1, 0.15) is 18.9 Å². The minimum Gasteiger partial charge on any atom is -0.491 e. The summed E-state index contributed by atoms with van der Waals surface area (Å²) < 4.78 is 6.10. The van der Waals surface area contributed by atoms with E-state index in [0.717, 1.165) is 24.2 Å². The number of benzene rings is 1. The van der Waals surface area contributed by atoms with E-state index in [0.29, 0.717) is 32.2 Å². The van der Waals surface area contributed by atoms with Crippen LogP contribution in [0.15, 0.2) is 35.7 Å². The highest BCUT2D eigenvalue weighted by molar-refractivity contribution is 7.10. The highest BCUT2D eigenvalue weighted by atomic mass is 32.1. The molecule has 0 aliphatic carbocycles. The van der Waals surface area contributed by atoms with Crippen molar-refractivity contribution < 1.29 is 14.3 Å². The second kappa shape index (κ2) is 11.4. The van der Waals surface area contributed by atoms with Crippen molar-refractivity contribution in [2.75, 3.05) is 32.8 Å². The molecule has 0 radical (unpaired) electrons. The summed E-state index contributed by atoms with van der Waals surface area (Å²) in [5, 5.41) is 4.94. The molecule has 7 heteroatoms. The number of hydrogen-bond donors (Lipinski definition) is 1. The summed E-state index contributed by atoms with van der Waals surface area (Å²) in [5.74, 6) is 1.09. The SMILES string of the molecule is CCNC(=O)N(CC(=O)N1CCc2sccc2[C@@H]1COc1ccc(C)cc1)C[C@H](C)CC. The number of urea groups is 1. The van der Waals surface area contributed by atoms with Crippen molar-refractivity contribution in [3.8, 4) is 5.75 Å². The Balaban J connectivity index is 1.75.